The molecule has 0 fully saturated rings. The van der Waals surface area contributed by atoms with E-state index in [0.717, 1.165) is 6.42 Å². The topological polar surface area (TPSA) is 0 Å². The lowest BCUT2D eigenvalue weighted by Crippen LogP contribution is -1.91. The Morgan fingerprint density at radius 3 is 2.53 bits per heavy atom. The molecule has 0 aromatic heterocycles. The summed E-state index contributed by atoms with van der Waals surface area (Å²) in [5, 5.41) is 0. The van der Waals surface area contributed by atoms with E-state index in [1.807, 2.05) is 0 Å². The lowest BCUT2D eigenvalue weighted by molar-refractivity contribution is 0.621. The molecule has 0 aromatic rings. The van der Waals surface area contributed by atoms with Crippen LogP contribution in [0, 0.1) is 12.8 Å². The van der Waals surface area contributed by atoms with E-state index in [4.69, 9.17) is 0 Å². The van der Waals surface area contributed by atoms with E-state index in [1.165, 1.54) is 44.9 Å². The lowest BCUT2D eigenvalue weighted by Gasteiger charge is -2.06. The standard InChI is InChI=1S/C15H27/c1-4-7-9-10-12-14-15(6-3)13-11-8-5-2/h6,12,14-15H,2-5,7-11,13H2,1H3. The van der Waals surface area contributed by atoms with Crippen molar-refractivity contribution in [1.29, 1.82) is 0 Å². The van der Waals surface area contributed by atoms with Crippen LogP contribution < -0.4 is 0 Å². The van der Waals surface area contributed by atoms with Crippen LogP contribution in [0.4, 0.5) is 0 Å². The molecular weight excluding hydrogens is 180 g/mol. The van der Waals surface area contributed by atoms with E-state index in [-0.39, 0.29) is 0 Å². The van der Waals surface area contributed by atoms with E-state index < -0.39 is 0 Å². The summed E-state index contributed by atoms with van der Waals surface area (Å²) in [4.78, 5) is 0. The molecule has 0 N–H and O–H groups in total. The van der Waals surface area contributed by atoms with Gasteiger partial charge < -0.3 is 0 Å². The maximum Gasteiger partial charge on any atom is -0.00562 e. The monoisotopic (exact) mass is 207 g/mol. The molecule has 15 heavy (non-hydrogen) atoms. The molecule has 0 heteroatoms. The third-order valence-corrected chi connectivity index (χ3v) is 2.70. The summed E-state index contributed by atoms with van der Waals surface area (Å²) in [6.07, 6.45) is 16.8. The van der Waals surface area contributed by atoms with Crippen LogP contribution >= 0.6 is 0 Å². The van der Waals surface area contributed by atoms with Crippen LogP contribution in [0.5, 0.6) is 0 Å². The van der Waals surface area contributed by atoms with Crippen molar-refractivity contribution in [3.63, 3.8) is 0 Å². The zero-order valence-corrected chi connectivity index (χ0v) is 10.4. The molecule has 0 heterocycles. The van der Waals surface area contributed by atoms with Gasteiger partial charge in [0.05, 0.1) is 0 Å². The summed E-state index contributed by atoms with van der Waals surface area (Å²) in [6, 6.07) is 0. The van der Waals surface area contributed by atoms with E-state index in [9.17, 15) is 0 Å². The van der Waals surface area contributed by atoms with Gasteiger partial charge in [0.2, 0.25) is 0 Å². The average Bonchev–Trinajstić information content (AvgIpc) is 2.26. The van der Waals surface area contributed by atoms with Crippen LogP contribution in [0.25, 0.3) is 0 Å². The molecule has 1 unspecified atom stereocenters. The fourth-order valence-electron chi connectivity index (χ4n) is 1.63. The number of rotatable bonds is 10. The van der Waals surface area contributed by atoms with Crippen LogP contribution in [0.15, 0.2) is 24.8 Å². The van der Waals surface area contributed by atoms with Gasteiger partial charge in [-0.25, -0.2) is 0 Å². The minimum atomic E-state index is 0.582. The normalized spacial score (nSPS) is 13.2. The highest BCUT2D eigenvalue weighted by Crippen LogP contribution is 2.13. The first-order chi connectivity index (χ1) is 7.35. The van der Waals surface area contributed by atoms with Gasteiger partial charge in [0.25, 0.3) is 0 Å². The van der Waals surface area contributed by atoms with Crippen molar-refractivity contribution in [2.45, 2.75) is 58.3 Å². The SMILES string of the molecule is [CH2]CCCCC(C=C)C=CCCCCC. The molecule has 0 aliphatic heterocycles. The summed E-state index contributed by atoms with van der Waals surface area (Å²) in [5.74, 6) is 0.582. The molecular formula is C15H27. The van der Waals surface area contributed by atoms with E-state index in [0.29, 0.717) is 5.92 Å². The number of unbranched alkanes of at least 4 members (excludes halogenated alkanes) is 5. The summed E-state index contributed by atoms with van der Waals surface area (Å²) < 4.78 is 0. The van der Waals surface area contributed by atoms with Gasteiger partial charge in [-0.2, -0.15) is 0 Å². The molecule has 0 aliphatic rings. The Kier molecular flexibility index (Phi) is 11.2. The molecule has 0 nitrogen and oxygen atoms in total. The lowest BCUT2D eigenvalue weighted by atomic mass is 10.0. The van der Waals surface area contributed by atoms with Crippen LogP contribution in [0.3, 0.4) is 0 Å². The van der Waals surface area contributed by atoms with Crippen molar-refractivity contribution in [3.8, 4) is 0 Å². The first kappa shape index (κ1) is 14.5. The molecule has 87 valence electrons. The van der Waals surface area contributed by atoms with Gasteiger partial charge in [0.15, 0.2) is 0 Å². The first-order valence-electron chi connectivity index (χ1n) is 6.43. The summed E-state index contributed by atoms with van der Waals surface area (Å²) in [6.45, 7) is 9.99. The minimum absolute atomic E-state index is 0.582. The summed E-state index contributed by atoms with van der Waals surface area (Å²) >= 11 is 0. The van der Waals surface area contributed by atoms with Gasteiger partial charge in [0, 0.05) is 0 Å². The van der Waals surface area contributed by atoms with E-state index in [2.05, 4.69) is 38.7 Å². The maximum atomic E-state index is 3.89. The second kappa shape index (κ2) is 11.6. The zero-order valence-electron chi connectivity index (χ0n) is 10.4. The van der Waals surface area contributed by atoms with Crippen molar-refractivity contribution in [3.05, 3.63) is 31.7 Å². The zero-order chi connectivity index (χ0) is 11.4. The van der Waals surface area contributed by atoms with Gasteiger partial charge in [-0.1, -0.05) is 64.2 Å². The van der Waals surface area contributed by atoms with Gasteiger partial charge in [-0.3, -0.25) is 0 Å². The summed E-state index contributed by atoms with van der Waals surface area (Å²) in [5.41, 5.74) is 0. The van der Waals surface area contributed by atoms with Crippen molar-refractivity contribution < 1.29 is 0 Å². The van der Waals surface area contributed by atoms with Crippen LogP contribution in [-0.2, 0) is 0 Å². The third kappa shape index (κ3) is 9.78. The van der Waals surface area contributed by atoms with Crippen molar-refractivity contribution in [1.82, 2.24) is 0 Å². The molecule has 0 aliphatic carbocycles. The second-order valence-corrected chi connectivity index (χ2v) is 4.17. The molecule has 0 bridgehead atoms. The highest BCUT2D eigenvalue weighted by atomic mass is 14.0. The Morgan fingerprint density at radius 1 is 1.13 bits per heavy atom. The molecule has 1 radical (unpaired) electrons. The Balaban J connectivity index is 3.53. The number of allylic oxidation sites excluding steroid dienone is 3. The van der Waals surface area contributed by atoms with Crippen LogP contribution in [-0.4, -0.2) is 0 Å². The maximum absolute atomic E-state index is 3.89. The molecule has 0 saturated heterocycles. The molecule has 0 aromatic carbocycles. The van der Waals surface area contributed by atoms with Gasteiger partial charge >= 0.3 is 0 Å². The fraction of sp³-hybridized carbons (Fsp3) is 0.667. The summed E-state index contributed by atoms with van der Waals surface area (Å²) in [7, 11) is 0. The largest absolute Gasteiger partial charge is 0.102 e. The van der Waals surface area contributed by atoms with Gasteiger partial charge in [0.1, 0.15) is 0 Å². The molecule has 0 spiro atoms. The van der Waals surface area contributed by atoms with Gasteiger partial charge in [-0.05, 0) is 25.2 Å². The average molecular weight is 207 g/mol. The second-order valence-electron chi connectivity index (χ2n) is 4.17. The molecule has 0 amide bonds. The highest BCUT2D eigenvalue weighted by Gasteiger charge is 1.97. The fourth-order valence-corrected chi connectivity index (χ4v) is 1.63. The quantitative estimate of drug-likeness (QED) is 0.336. The van der Waals surface area contributed by atoms with E-state index in [1.54, 1.807) is 0 Å². The Labute approximate surface area is 96.5 Å². The Hall–Kier alpha value is -0.520. The predicted octanol–water partition coefficient (Wildman–Crippen LogP) is 5.32. The Bertz CT molecular complexity index is 155. The van der Waals surface area contributed by atoms with Crippen molar-refractivity contribution in [2.24, 2.45) is 5.92 Å². The minimum Gasteiger partial charge on any atom is -0.102 e. The predicted molar refractivity (Wildman–Crippen MR) is 70.8 cm³/mol. The Morgan fingerprint density at radius 2 is 1.93 bits per heavy atom. The van der Waals surface area contributed by atoms with Crippen LogP contribution in [0.1, 0.15) is 58.3 Å². The number of hydrogen-bond acceptors (Lipinski definition) is 0. The third-order valence-electron chi connectivity index (χ3n) is 2.70. The number of hydrogen-bond donors (Lipinski definition) is 0. The molecule has 0 rings (SSSR count). The molecule has 0 saturated carbocycles. The first-order valence-corrected chi connectivity index (χ1v) is 6.43. The smallest absolute Gasteiger partial charge is 0.00562 e. The van der Waals surface area contributed by atoms with Crippen LogP contribution in [0.2, 0.25) is 0 Å². The van der Waals surface area contributed by atoms with E-state index >= 15 is 0 Å². The highest BCUT2D eigenvalue weighted by molar-refractivity contribution is 4.96. The van der Waals surface area contributed by atoms with Gasteiger partial charge in [-0.15, -0.1) is 6.58 Å². The molecule has 1 atom stereocenters. The van der Waals surface area contributed by atoms with Crippen molar-refractivity contribution in [2.75, 3.05) is 0 Å². The van der Waals surface area contributed by atoms with Crippen molar-refractivity contribution >= 4 is 0 Å².